The second-order valence-electron chi connectivity index (χ2n) is 4.10. The first-order chi connectivity index (χ1) is 9.47. The number of anilines is 1. The van der Waals surface area contributed by atoms with Crippen LogP contribution in [0.2, 0.25) is 0 Å². The van der Waals surface area contributed by atoms with Crippen molar-refractivity contribution < 1.29 is 19.8 Å². The smallest absolute Gasteiger partial charge is 0.335 e. The fraction of sp³-hybridized carbons (Fsp3) is 0. The van der Waals surface area contributed by atoms with Gasteiger partial charge in [0.15, 0.2) is 0 Å². The molecule has 6 heteroatoms. The number of primary amides is 1. The molecule has 0 spiro atoms. The Kier molecular flexibility index (Phi) is 3.56. The van der Waals surface area contributed by atoms with Gasteiger partial charge in [0.05, 0.1) is 11.3 Å². The number of amides is 2. The Morgan fingerprint density at radius 2 is 1.60 bits per heavy atom. The number of rotatable bonds is 3. The van der Waals surface area contributed by atoms with E-state index in [1.807, 2.05) is 0 Å². The van der Waals surface area contributed by atoms with Crippen molar-refractivity contribution in [2.75, 3.05) is 5.32 Å². The molecule has 0 radical (unpaired) electrons. The molecule has 2 aromatic rings. The number of carboxylic acid groups (broad SMARTS) is 1. The molecule has 2 aromatic carbocycles. The molecule has 0 aromatic heterocycles. The van der Waals surface area contributed by atoms with Crippen molar-refractivity contribution >= 4 is 17.7 Å². The maximum Gasteiger partial charge on any atom is 0.335 e. The number of urea groups is 1. The van der Waals surface area contributed by atoms with Crippen LogP contribution in [0.25, 0.3) is 11.1 Å². The van der Waals surface area contributed by atoms with Crippen LogP contribution in [0.3, 0.4) is 0 Å². The Morgan fingerprint density at radius 1 is 1.00 bits per heavy atom. The molecule has 2 rings (SSSR count). The minimum atomic E-state index is -1.00. The number of aromatic carboxylic acids is 1. The topological polar surface area (TPSA) is 113 Å². The summed E-state index contributed by atoms with van der Waals surface area (Å²) in [5, 5.41) is 20.7. The van der Waals surface area contributed by atoms with Crippen LogP contribution < -0.4 is 11.1 Å². The lowest BCUT2D eigenvalue weighted by atomic mass is 10.0. The van der Waals surface area contributed by atoms with E-state index in [9.17, 15) is 14.7 Å². The molecule has 0 fully saturated rings. The van der Waals surface area contributed by atoms with Crippen molar-refractivity contribution in [3.8, 4) is 16.9 Å². The van der Waals surface area contributed by atoms with Gasteiger partial charge in [0.2, 0.25) is 0 Å². The van der Waals surface area contributed by atoms with E-state index in [-0.39, 0.29) is 17.0 Å². The van der Waals surface area contributed by atoms with Gasteiger partial charge in [-0.1, -0.05) is 18.2 Å². The number of phenolic OH excluding ortho intramolecular Hbond substituents is 1. The lowest BCUT2D eigenvalue weighted by Crippen LogP contribution is -2.19. The van der Waals surface area contributed by atoms with Crippen molar-refractivity contribution in [2.45, 2.75) is 0 Å². The number of nitrogens with two attached hydrogens (primary N) is 1. The van der Waals surface area contributed by atoms with Crippen LogP contribution in [0, 0.1) is 0 Å². The fourth-order valence-electron chi connectivity index (χ4n) is 1.75. The first-order valence-corrected chi connectivity index (χ1v) is 5.70. The average Bonchev–Trinajstić information content (AvgIpc) is 2.41. The standard InChI is InChI=1S/C14H12N2O4/c15-14(20)16-11-7-10(5-6-12(11)17)8-1-3-9(4-2-8)13(18)19/h1-7,17H,(H,18,19)(H3,15,16,20). The van der Waals surface area contributed by atoms with E-state index in [1.165, 1.54) is 18.2 Å². The van der Waals surface area contributed by atoms with Crippen LogP contribution in [0.5, 0.6) is 5.75 Å². The summed E-state index contributed by atoms with van der Waals surface area (Å²) in [4.78, 5) is 21.6. The highest BCUT2D eigenvalue weighted by Crippen LogP contribution is 2.29. The monoisotopic (exact) mass is 272 g/mol. The molecular weight excluding hydrogens is 260 g/mol. The molecule has 0 atom stereocenters. The number of aromatic hydroxyl groups is 1. The van der Waals surface area contributed by atoms with Crippen LogP contribution in [0.1, 0.15) is 10.4 Å². The van der Waals surface area contributed by atoms with Gasteiger partial charge in [-0.3, -0.25) is 0 Å². The number of carbonyl (C=O) groups is 2. The first kappa shape index (κ1) is 13.4. The molecule has 0 unspecified atom stereocenters. The van der Waals surface area contributed by atoms with Crippen LogP contribution in [0.15, 0.2) is 42.5 Å². The van der Waals surface area contributed by atoms with Crippen molar-refractivity contribution in [3.63, 3.8) is 0 Å². The van der Waals surface area contributed by atoms with Gasteiger partial charge in [-0.25, -0.2) is 9.59 Å². The zero-order valence-corrected chi connectivity index (χ0v) is 10.3. The first-order valence-electron chi connectivity index (χ1n) is 5.70. The van der Waals surface area contributed by atoms with E-state index in [4.69, 9.17) is 10.8 Å². The maximum atomic E-state index is 10.8. The summed E-state index contributed by atoms with van der Waals surface area (Å²) in [6.45, 7) is 0. The second kappa shape index (κ2) is 5.31. The molecule has 20 heavy (non-hydrogen) atoms. The minimum Gasteiger partial charge on any atom is -0.506 e. The number of benzene rings is 2. The van der Waals surface area contributed by atoms with Gasteiger partial charge in [0.1, 0.15) is 5.75 Å². The van der Waals surface area contributed by atoms with Crippen LogP contribution in [-0.2, 0) is 0 Å². The quantitative estimate of drug-likeness (QED) is 0.642. The number of hydrogen-bond donors (Lipinski definition) is 4. The highest BCUT2D eigenvalue weighted by Gasteiger charge is 2.07. The third-order valence-corrected chi connectivity index (χ3v) is 2.72. The largest absolute Gasteiger partial charge is 0.506 e. The summed E-state index contributed by atoms with van der Waals surface area (Å²) in [7, 11) is 0. The van der Waals surface area contributed by atoms with Crippen LogP contribution in [-0.4, -0.2) is 22.2 Å². The van der Waals surface area contributed by atoms with Gasteiger partial charge in [0, 0.05) is 0 Å². The third-order valence-electron chi connectivity index (χ3n) is 2.72. The van der Waals surface area contributed by atoms with Gasteiger partial charge in [-0.05, 0) is 35.4 Å². The predicted octanol–water partition coefficient (Wildman–Crippen LogP) is 2.25. The molecule has 0 aliphatic rings. The van der Waals surface area contributed by atoms with Crippen molar-refractivity contribution in [1.82, 2.24) is 0 Å². The number of nitrogens with one attached hydrogen (secondary N) is 1. The maximum absolute atomic E-state index is 10.8. The SMILES string of the molecule is NC(=O)Nc1cc(-c2ccc(C(=O)O)cc2)ccc1O. The van der Waals surface area contributed by atoms with Crippen molar-refractivity contribution in [2.24, 2.45) is 5.73 Å². The lowest BCUT2D eigenvalue weighted by molar-refractivity contribution is 0.0697. The van der Waals surface area contributed by atoms with Gasteiger partial charge in [0.25, 0.3) is 0 Å². The van der Waals surface area contributed by atoms with Crippen LogP contribution in [0.4, 0.5) is 10.5 Å². The minimum absolute atomic E-state index is 0.102. The van der Waals surface area contributed by atoms with E-state index in [1.54, 1.807) is 24.3 Å². The van der Waals surface area contributed by atoms with Crippen molar-refractivity contribution in [1.29, 1.82) is 0 Å². The Balaban J connectivity index is 2.37. The molecule has 2 amide bonds. The van der Waals surface area contributed by atoms with Gasteiger partial charge >= 0.3 is 12.0 Å². The molecule has 0 saturated heterocycles. The number of hydrogen-bond acceptors (Lipinski definition) is 3. The van der Waals surface area contributed by atoms with Gasteiger partial charge < -0.3 is 21.3 Å². The predicted molar refractivity (Wildman–Crippen MR) is 73.7 cm³/mol. The van der Waals surface area contributed by atoms with E-state index in [0.29, 0.717) is 5.56 Å². The number of carbonyl (C=O) groups excluding carboxylic acids is 1. The zero-order valence-electron chi connectivity index (χ0n) is 10.3. The Morgan fingerprint density at radius 3 is 2.15 bits per heavy atom. The van der Waals surface area contributed by atoms with E-state index >= 15 is 0 Å². The molecule has 0 saturated carbocycles. The molecule has 0 bridgehead atoms. The lowest BCUT2D eigenvalue weighted by Gasteiger charge is -2.08. The summed E-state index contributed by atoms with van der Waals surface area (Å²) in [6.07, 6.45) is 0. The molecule has 102 valence electrons. The van der Waals surface area contributed by atoms with E-state index in [2.05, 4.69) is 5.32 Å². The van der Waals surface area contributed by atoms with Crippen molar-refractivity contribution in [3.05, 3.63) is 48.0 Å². The Labute approximate surface area is 114 Å². The number of carboxylic acids is 1. The normalized spacial score (nSPS) is 10.0. The molecule has 0 aliphatic carbocycles. The number of phenols is 1. The van der Waals surface area contributed by atoms with E-state index in [0.717, 1.165) is 5.56 Å². The summed E-state index contributed by atoms with van der Waals surface area (Å²) < 4.78 is 0. The highest BCUT2D eigenvalue weighted by molar-refractivity contribution is 5.91. The van der Waals surface area contributed by atoms with E-state index < -0.39 is 12.0 Å². The summed E-state index contributed by atoms with van der Waals surface area (Å²) in [6, 6.07) is 10.1. The molecule has 0 aliphatic heterocycles. The summed E-state index contributed by atoms with van der Waals surface area (Å²) >= 11 is 0. The fourth-order valence-corrected chi connectivity index (χ4v) is 1.75. The third kappa shape index (κ3) is 2.86. The zero-order chi connectivity index (χ0) is 14.7. The summed E-state index contributed by atoms with van der Waals surface area (Å²) in [5.74, 6) is -1.10. The average molecular weight is 272 g/mol. The second-order valence-corrected chi connectivity index (χ2v) is 4.10. The highest BCUT2D eigenvalue weighted by atomic mass is 16.4. The molecule has 0 heterocycles. The summed E-state index contributed by atoms with van der Waals surface area (Å²) in [5.41, 5.74) is 6.85. The molecule has 5 N–H and O–H groups in total. The Bertz CT molecular complexity index is 665. The van der Waals surface area contributed by atoms with Crippen LogP contribution >= 0.6 is 0 Å². The van der Waals surface area contributed by atoms with Gasteiger partial charge in [-0.15, -0.1) is 0 Å². The molecule has 6 nitrogen and oxygen atoms in total. The molecular formula is C14H12N2O4. The Hall–Kier alpha value is -3.02. The van der Waals surface area contributed by atoms with Gasteiger partial charge in [-0.2, -0.15) is 0 Å².